The third kappa shape index (κ3) is 2.43. The van der Waals surface area contributed by atoms with Crippen LogP contribution < -0.4 is 10.5 Å². The lowest BCUT2D eigenvalue weighted by atomic mass is 9.74. The van der Waals surface area contributed by atoms with E-state index in [4.69, 9.17) is 19.8 Å². The third-order valence-electron chi connectivity index (χ3n) is 4.14. The Morgan fingerprint density at radius 1 is 1.20 bits per heavy atom. The normalized spacial score (nSPS) is 21.9. The number of rotatable bonds is 3. The lowest BCUT2D eigenvalue weighted by molar-refractivity contribution is 0.00578. The molecule has 0 unspecified atom stereocenters. The van der Waals surface area contributed by atoms with Gasteiger partial charge in [0.05, 0.1) is 24.3 Å². The zero-order valence-corrected chi connectivity index (χ0v) is 12.6. The van der Waals surface area contributed by atoms with Crippen molar-refractivity contribution in [3.63, 3.8) is 0 Å². The van der Waals surface area contributed by atoms with Gasteiger partial charge in [0.1, 0.15) is 0 Å². The summed E-state index contributed by atoms with van der Waals surface area (Å²) in [6, 6.07) is 4.87. The highest BCUT2D eigenvalue weighted by Crippen LogP contribution is 2.40. The van der Waals surface area contributed by atoms with Crippen LogP contribution >= 0.6 is 0 Å². The molecule has 1 saturated heterocycles. The lowest BCUT2D eigenvalue weighted by Gasteiger charge is -2.32. The van der Waals surface area contributed by atoms with Crippen LogP contribution in [-0.2, 0) is 9.31 Å². The van der Waals surface area contributed by atoms with Crippen molar-refractivity contribution >= 4 is 7.12 Å². The van der Waals surface area contributed by atoms with Gasteiger partial charge in [0.15, 0.2) is 11.6 Å². The first-order chi connectivity index (χ1) is 9.19. The number of halogens is 1. The van der Waals surface area contributed by atoms with E-state index in [-0.39, 0.29) is 5.75 Å². The average Bonchev–Trinajstić information content (AvgIpc) is 2.58. The second kappa shape index (κ2) is 5.02. The van der Waals surface area contributed by atoms with Crippen LogP contribution in [0.2, 0.25) is 0 Å². The molecule has 1 aromatic carbocycles. The van der Waals surface area contributed by atoms with E-state index in [1.165, 1.54) is 7.11 Å². The number of hydrogen-bond donors (Lipinski definition) is 1. The van der Waals surface area contributed by atoms with Gasteiger partial charge in [0.25, 0.3) is 0 Å². The van der Waals surface area contributed by atoms with E-state index >= 15 is 0 Å². The Labute approximate surface area is 119 Å². The van der Waals surface area contributed by atoms with Crippen molar-refractivity contribution in [3.8, 4) is 5.75 Å². The largest absolute Gasteiger partial charge is 0.494 e. The van der Waals surface area contributed by atoms with Gasteiger partial charge in [0.2, 0.25) is 0 Å². The zero-order valence-electron chi connectivity index (χ0n) is 12.6. The molecule has 1 atom stereocenters. The standard InChI is InChI=1S/C14H21BFNO3/c1-13(2)14(3,4)20-15(19-13)12(17)9-7-6-8-10(18-5)11(9)16/h6-8,12H,17H2,1-5H3/t12-/m1/s1. The first kappa shape index (κ1) is 15.3. The molecule has 1 heterocycles. The fraction of sp³-hybridized carbons (Fsp3) is 0.571. The summed E-state index contributed by atoms with van der Waals surface area (Å²) in [5.41, 5.74) is 5.45. The number of methoxy groups -OCH3 is 1. The monoisotopic (exact) mass is 281 g/mol. The van der Waals surface area contributed by atoms with Crippen molar-refractivity contribution in [2.75, 3.05) is 7.11 Å². The topological polar surface area (TPSA) is 53.7 Å². The quantitative estimate of drug-likeness (QED) is 0.865. The Morgan fingerprint density at radius 3 is 2.25 bits per heavy atom. The fourth-order valence-electron chi connectivity index (χ4n) is 2.12. The summed E-state index contributed by atoms with van der Waals surface area (Å²) in [7, 11) is 0.726. The molecule has 0 spiro atoms. The van der Waals surface area contributed by atoms with Crippen molar-refractivity contribution in [3.05, 3.63) is 29.6 Å². The number of hydrogen-bond acceptors (Lipinski definition) is 4. The maximum absolute atomic E-state index is 14.2. The van der Waals surface area contributed by atoms with Gasteiger partial charge >= 0.3 is 7.12 Å². The second-order valence-electron chi connectivity index (χ2n) is 6.01. The summed E-state index contributed by atoms with van der Waals surface area (Å²) in [4.78, 5) is 0. The zero-order chi connectivity index (χ0) is 15.1. The summed E-state index contributed by atoms with van der Waals surface area (Å²) in [5, 5.41) is 0. The molecule has 6 heteroatoms. The molecule has 0 aromatic heterocycles. The minimum absolute atomic E-state index is 0.162. The van der Waals surface area contributed by atoms with Crippen molar-refractivity contribution in [1.82, 2.24) is 0 Å². The number of benzene rings is 1. The summed E-state index contributed by atoms with van der Waals surface area (Å²) in [6.45, 7) is 7.73. The van der Waals surface area contributed by atoms with Gasteiger partial charge in [0, 0.05) is 5.56 Å². The van der Waals surface area contributed by atoms with Crippen LogP contribution in [0.1, 0.15) is 39.2 Å². The molecule has 0 radical (unpaired) electrons. The predicted octanol–water partition coefficient (Wildman–Crippen LogP) is 2.47. The molecule has 0 aliphatic carbocycles. The van der Waals surface area contributed by atoms with Crippen LogP contribution in [0.5, 0.6) is 5.75 Å². The lowest BCUT2D eigenvalue weighted by Crippen LogP contribution is -2.41. The summed E-state index contributed by atoms with van der Waals surface area (Å²) in [6.07, 6.45) is 0. The van der Waals surface area contributed by atoms with E-state index in [2.05, 4.69) is 0 Å². The Hall–Kier alpha value is -1.11. The molecule has 2 rings (SSSR count). The highest BCUT2D eigenvalue weighted by molar-refractivity contribution is 6.47. The number of ether oxygens (including phenoxy) is 1. The maximum Gasteiger partial charge on any atom is 0.480 e. The van der Waals surface area contributed by atoms with Crippen molar-refractivity contribution in [2.45, 2.75) is 44.8 Å². The van der Waals surface area contributed by atoms with E-state index in [1.807, 2.05) is 27.7 Å². The van der Waals surface area contributed by atoms with E-state index in [1.54, 1.807) is 18.2 Å². The minimum Gasteiger partial charge on any atom is -0.494 e. The van der Waals surface area contributed by atoms with Gasteiger partial charge < -0.3 is 19.8 Å². The van der Waals surface area contributed by atoms with Crippen molar-refractivity contribution in [1.29, 1.82) is 0 Å². The van der Waals surface area contributed by atoms with Crippen LogP contribution in [0.15, 0.2) is 18.2 Å². The van der Waals surface area contributed by atoms with E-state index in [0.717, 1.165) is 0 Å². The smallest absolute Gasteiger partial charge is 0.480 e. The van der Waals surface area contributed by atoms with Crippen LogP contribution in [0.25, 0.3) is 0 Å². The summed E-state index contributed by atoms with van der Waals surface area (Å²) in [5.74, 6) is -1.03. The fourth-order valence-corrected chi connectivity index (χ4v) is 2.12. The molecule has 20 heavy (non-hydrogen) atoms. The van der Waals surface area contributed by atoms with Crippen LogP contribution in [0.3, 0.4) is 0 Å². The second-order valence-corrected chi connectivity index (χ2v) is 6.01. The van der Waals surface area contributed by atoms with Gasteiger partial charge in [-0.2, -0.15) is 0 Å². The van der Waals surface area contributed by atoms with Crippen molar-refractivity contribution < 1.29 is 18.4 Å². The molecule has 2 N–H and O–H groups in total. The molecule has 4 nitrogen and oxygen atoms in total. The van der Waals surface area contributed by atoms with E-state index < -0.39 is 30.1 Å². The van der Waals surface area contributed by atoms with E-state index in [0.29, 0.717) is 5.56 Å². The average molecular weight is 281 g/mol. The first-order valence-electron chi connectivity index (χ1n) is 6.63. The van der Waals surface area contributed by atoms with Gasteiger partial charge in [-0.3, -0.25) is 0 Å². The Balaban J connectivity index is 2.28. The Bertz CT molecular complexity index is 491. The van der Waals surface area contributed by atoms with Gasteiger partial charge in [-0.15, -0.1) is 0 Å². The summed E-state index contributed by atoms with van der Waals surface area (Å²) < 4.78 is 30.9. The predicted molar refractivity (Wildman–Crippen MR) is 76.0 cm³/mol. The van der Waals surface area contributed by atoms with Gasteiger partial charge in [-0.05, 0) is 33.8 Å². The molecular formula is C14H21BFNO3. The first-order valence-corrected chi connectivity index (χ1v) is 6.63. The molecule has 1 aliphatic rings. The van der Waals surface area contributed by atoms with E-state index in [9.17, 15) is 4.39 Å². The molecule has 110 valence electrons. The van der Waals surface area contributed by atoms with Gasteiger partial charge in [-0.1, -0.05) is 12.1 Å². The molecule has 1 aliphatic heterocycles. The van der Waals surface area contributed by atoms with Crippen LogP contribution in [0, 0.1) is 5.82 Å². The van der Waals surface area contributed by atoms with Crippen LogP contribution in [-0.4, -0.2) is 25.4 Å². The Morgan fingerprint density at radius 2 is 1.75 bits per heavy atom. The highest BCUT2D eigenvalue weighted by atomic mass is 19.1. The Kier molecular flexibility index (Phi) is 3.84. The molecule has 0 saturated carbocycles. The molecule has 1 fully saturated rings. The van der Waals surface area contributed by atoms with Crippen LogP contribution in [0.4, 0.5) is 4.39 Å². The molecular weight excluding hydrogens is 260 g/mol. The third-order valence-corrected chi connectivity index (χ3v) is 4.14. The number of nitrogens with two attached hydrogens (primary N) is 1. The molecule has 1 aromatic rings. The molecule has 0 bridgehead atoms. The van der Waals surface area contributed by atoms with Crippen molar-refractivity contribution in [2.24, 2.45) is 5.73 Å². The molecule has 0 amide bonds. The van der Waals surface area contributed by atoms with Gasteiger partial charge in [-0.25, -0.2) is 4.39 Å². The maximum atomic E-state index is 14.2. The summed E-state index contributed by atoms with van der Waals surface area (Å²) >= 11 is 0. The highest BCUT2D eigenvalue weighted by Gasteiger charge is 2.53. The minimum atomic E-state index is -0.717. The SMILES string of the molecule is COc1cccc([C@@H](N)B2OC(C)(C)C(C)(C)O2)c1F.